The van der Waals surface area contributed by atoms with Crippen molar-refractivity contribution in [2.45, 2.75) is 38.0 Å². The van der Waals surface area contributed by atoms with E-state index in [0.29, 0.717) is 11.4 Å². The van der Waals surface area contributed by atoms with Crippen molar-refractivity contribution in [3.05, 3.63) is 72.1 Å². The zero-order chi connectivity index (χ0) is 21.8. The van der Waals surface area contributed by atoms with E-state index in [0.717, 1.165) is 48.2 Å². The van der Waals surface area contributed by atoms with E-state index in [1.165, 1.54) is 0 Å². The first-order valence-electron chi connectivity index (χ1n) is 10.5. The molecule has 2 aromatic heterocycles. The van der Waals surface area contributed by atoms with E-state index < -0.39 is 5.41 Å². The molecule has 1 aliphatic carbocycles. The van der Waals surface area contributed by atoms with Gasteiger partial charge in [-0.3, -0.25) is 14.6 Å². The fraction of sp³-hybridized carbons (Fsp3) is 0.292. The Morgan fingerprint density at radius 2 is 1.71 bits per heavy atom. The van der Waals surface area contributed by atoms with Gasteiger partial charge in [0.05, 0.1) is 23.5 Å². The normalized spacial score (nSPS) is 14.4. The van der Waals surface area contributed by atoms with Gasteiger partial charge in [-0.25, -0.2) is 9.97 Å². The van der Waals surface area contributed by atoms with Gasteiger partial charge in [-0.2, -0.15) is 0 Å². The predicted octanol–water partition coefficient (Wildman–Crippen LogP) is 3.52. The van der Waals surface area contributed by atoms with Crippen molar-refractivity contribution >= 4 is 17.5 Å². The zero-order valence-corrected chi connectivity index (χ0v) is 17.7. The molecule has 4 rings (SSSR count). The molecule has 1 fully saturated rings. The number of hydrogen-bond acceptors (Lipinski definition) is 5. The molecule has 2 heterocycles. The predicted molar refractivity (Wildman–Crippen MR) is 119 cm³/mol. The number of carbonyl (C=O) groups excluding carboxylic acids is 2. The van der Waals surface area contributed by atoms with Gasteiger partial charge in [0.2, 0.25) is 5.91 Å². The highest BCUT2D eigenvalue weighted by molar-refractivity contribution is 6.00. The number of nitrogens with one attached hydrogen (secondary N) is 2. The fourth-order valence-corrected chi connectivity index (χ4v) is 3.87. The number of benzene rings is 1. The van der Waals surface area contributed by atoms with Crippen LogP contribution in [0.4, 0.5) is 5.69 Å². The standard InChI is InChI=1S/C24H25N5O2/c1-3-21-27-14-19(15-28-21)29-23(31)24(10-4-11-24)18-7-5-16(6-8-18)17-9-12-26-20(13-17)22(30)25-2/h5-9,12-15H,3-4,10-11H2,1-2H3,(H,25,30)(H,29,31). The summed E-state index contributed by atoms with van der Waals surface area (Å²) < 4.78 is 0. The zero-order valence-electron chi connectivity index (χ0n) is 17.7. The quantitative estimate of drug-likeness (QED) is 0.642. The molecule has 7 heteroatoms. The van der Waals surface area contributed by atoms with Gasteiger partial charge in [0.15, 0.2) is 0 Å². The van der Waals surface area contributed by atoms with Crippen LogP contribution >= 0.6 is 0 Å². The number of aryl methyl sites for hydroxylation is 1. The molecule has 0 saturated heterocycles. The highest BCUT2D eigenvalue weighted by atomic mass is 16.2. The minimum Gasteiger partial charge on any atom is -0.354 e. The Bertz CT molecular complexity index is 1090. The fourth-order valence-electron chi connectivity index (χ4n) is 3.87. The van der Waals surface area contributed by atoms with E-state index in [9.17, 15) is 9.59 Å². The number of pyridine rings is 1. The Balaban J connectivity index is 1.55. The number of carbonyl (C=O) groups is 2. The SMILES string of the molecule is CCc1ncc(NC(=O)C2(c3ccc(-c4ccnc(C(=O)NC)c4)cc3)CCC2)cn1. The van der Waals surface area contributed by atoms with Crippen LogP contribution in [0.2, 0.25) is 0 Å². The third kappa shape index (κ3) is 4.03. The van der Waals surface area contributed by atoms with E-state index in [-0.39, 0.29) is 11.8 Å². The average Bonchev–Trinajstić information content (AvgIpc) is 2.79. The summed E-state index contributed by atoms with van der Waals surface area (Å²) in [5.41, 5.74) is 3.31. The summed E-state index contributed by atoms with van der Waals surface area (Å²) in [7, 11) is 1.58. The minimum absolute atomic E-state index is 0.0230. The van der Waals surface area contributed by atoms with Gasteiger partial charge in [-0.1, -0.05) is 37.6 Å². The third-order valence-electron chi connectivity index (χ3n) is 5.91. The van der Waals surface area contributed by atoms with Crippen LogP contribution in [0.15, 0.2) is 55.0 Å². The van der Waals surface area contributed by atoms with Crippen molar-refractivity contribution in [3.8, 4) is 11.1 Å². The van der Waals surface area contributed by atoms with Crippen LogP contribution < -0.4 is 10.6 Å². The van der Waals surface area contributed by atoms with E-state index >= 15 is 0 Å². The first-order chi connectivity index (χ1) is 15.1. The molecule has 1 aromatic carbocycles. The van der Waals surface area contributed by atoms with Crippen LogP contribution in [0, 0.1) is 0 Å². The van der Waals surface area contributed by atoms with Gasteiger partial charge in [0.1, 0.15) is 11.5 Å². The Morgan fingerprint density at radius 1 is 1.00 bits per heavy atom. The van der Waals surface area contributed by atoms with Gasteiger partial charge < -0.3 is 10.6 Å². The molecular formula is C24H25N5O2. The molecule has 2 amide bonds. The number of anilines is 1. The first kappa shape index (κ1) is 20.7. The van der Waals surface area contributed by atoms with Crippen molar-refractivity contribution < 1.29 is 9.59 Å². The highest BCUT2D eigenvalue weighted by Crippen LogP contribution is 2.45. The Labute approximate surface area is 181 Å². The molecule has 0 spiro atoms. The maximum absolute atomic E-state index is 13.2. The van der Waals surface area contributed by atoms with Crippen LogP contribution in [-0.4, -0.2) is 33.8 Å². The highest BCUT2D eigenvalue weighted by Gasteiger charge is 2.45. The van der Waals surface area contributed by atoms with Crippen LogP contribution in [0.25, 0.3) is 11.1 Å². The van der Waals surface area contributed by atoms with Gasteiger partial charge in [0, 0.05) is 19.7 Å². The Morgan fingerprint density at radius 3 is 2.29 bits per heavy atom. The number of rotatable bonds is 6. The van der Waals surface area contributed by atoms with Gasteiger partial charge >= 0.3 is 0 Å². The van der Waals surface area contributed by atoms with Crippen molar-refractivity contribution in [3.63, 3.8) is 0 Å². The molecule has 2 N–H and O–H groups in total. The monoisotopic (exact) mass is 415 g/mol. The minimum atomic E-state index is -0.534. The summed E-state index contributed by atoms with van der Waals surface area (Å²) in [6.07, 6.45) is 8.33. The summed E-state index contributed by atoms with van der Waals surface area (Å²) in [4.78, 5) is 37.7. The second-order valence-electron chi connectivity index (χ2n) is 7.72. The molecule has 158 valence electrons. The third-order valence-corrected chi connectivity index (χ3v) is 5.91. The van der Waals surface area contributed by atoms with Crippen molar-refractivity contribution in [1.82, 2.24) is 20.3 Å². The number of nitrogens with zero attached hydrogens (tertiary/aromatic N) is 3. The van der Waals surface area contributed by atoms with Gasteiger partial charge in [0.25, 0.3) is 5.91 Å². The lowest BCUT2D eigenvalue weighted by Crippen LogP contribution is -2.46. The smallest absolute Gasteiger partial charge is 0.269 e. The average molecular weight is 415 g/mol. The van der Waals surface area contributed by atoms with Gasteiger partial charge in [-0.05, 0) is 41.7 Å². The lowest BCUT2D eigenvalue weighted by molar-refractivity contribution is -0.124. The summed E-state index contributed by atoms with van der Waals surface area (Å²) in [5, 5.41) is 5.58. The summed E-state index contributed by atoms with van der Waals surface area (Å²) in [5.74, 6) is 0.507. The van der Waals surface area contributed by atoms with Crippen molar-refractivity contribution in [2.75, 3.05) is 12.4 Å². The lowest BCUT2D eigenvalue weighted by Gasteiger charge is -2.40. The van der Waals surface area contributed by atoms with E-state index in [1.807, 2.05) is 37.3 Å². The lowest BCUT2D eigenvalue weighted by atomic mass is 9.63. The molecule has 31 heavy (non-hydrogen) atoms. The van der Waals surface area contributed by atoms with Crippen LogP contribution in [0.5, 0.6) is 0 Å². The molecule has 3 aromatic rings. The van der Waals surface area contributed by atoms with Crippen molar-refractivity contribution in [1.29, 1.82) is 0 Å². The molecule has 0 bridgehead atoms. The second-order valence-corrected chi connectivity index (χ2v) is 7.72. The van der Waals surface area contributed by atoms with Crippen LogP contribution in [0.3, 0.4) is 0 Å². The molecule has 0 radical (unpaired) electrons. The van der Waals surface area contributed by atoms with E-state index in [4.69, 9.17) is 0 Å². The number of aromatic nitrogens is 3. The summed E-state index contributed by atoms with van der Waals surface area (Å²) >= 11 is 0. The maximum atomic E-state index is 13.2. The van der Waals surface area contributed by atoms with E-state index in [2.05, 4.69) is 25.6 Å². The Kier molecular flexibility index (Phi) is 5.75. The molecule has 0 atom stereocenters. The van der Waals surface area contributed by atoms with E-state index in [1.54, 1.807) is 31.7 Å². The number of amides is 2. The first-order valence-corrected chi connectivity index (χ1v) is 10.5. The van der Waals surface area contributed by atoms with Crippen LogP contribution in [-0.2, 0) is 16.6 Å². The largest absolute Gasteiger partial charge is 0.354 e. The van der Waals surface area contributed by atoms with Crippen LogP contribution in [0.1, 0.15) is 48.1 Å². The summed E-state index contributed by atoms with van der Waals surface area (Å²) in [6.45, 7) is 1.99. The molecule has 0 aliphatic heterocycles. The topological polar surface area (TPSA) is 96.9 Å². The number of hydrogen-bond donors (Lipinski definition) is 2. The molecule has 1 saturated carbocycles. The molecule has 7 nitrogen and oxygen atoms in total. The summed E-state index contributed by atoms with van der Waals surface area (Å²) in [6, 6.07) is 11.6. The van der Waals surface area contributed by atoms with Crippen molar-refractivity contribution in [2.24, 2.45) is 0 Å². The molecule has 1 aliphatic rings. The van der Waals surface area contributed by atoms with Gasteiger partial charge in [-0.15, -0.1) is 0 Å². The molecule has 0 unspecified atom stereocenters. The Hall–Kier alpha value is -3.61. The maximum Gasteiger partial charge on any atom is 0.269 e. The second kappa shape index (κ2) is 8.63. The molecular weight excluding hydrogens is 390 g/mol.